The van der Waals surface area contributed by atoms with Crippen LogP contribution in [0.15, 0.2) is 279 Å². The molecule has 13 rings (SSSR count). The van der Waals surface area contributed by atoms with E-state index in [0.717, 1.165) is 16.9 Å². The predicted molar refractivity (Wildman–Crippen MR) is 295 cm³/mol. The Morgan fingerprint density at radius 1 is 0.261 bits per heavy atom. The molecule has 11 aromatic carbocycles. The smallest absolute Gasteiger partial charge is 0.180 e. The molecule has 0 amide bonds. The van der Waals surface area contributed by atoms with Crippen LogP contribution in [-0.4, -0.2) is 17.2 Å². The molecule has 0 saturated heterocycles. The molecule has 0 aliphatic heterocycles. The molecule has 2 heterocycles. The van der Waals surface area contributed by atoms with Crippen LogP contribution in [0.3, 0.4) is 0 Å². The second-order valence-electron chi connectivity index (χ2n) is 17.9. The first-order valence-electron chi connectivity index (χ1n) is 23.9. The standard InChI is InChI=1S/C66H46N2Si/c1-7-24-47(25-8-1)54-37-22-41-61-64(54)57-36-19-20-40-59(57)67(61)50-44-45-60-58(46-50)65-62(68(60)66-55(48-26-9-2-10-27-48)38-21-39-56(66)49-28-11-3-12-29-49)42-23-43-63(65)69(51-30-13-4-14-31-51,52-32-15-5-16-33-52)53-34-17-6-18-35-53/h1-46H. The van der Waals surface area contributed by atoms with Crippen molar-refractivity contribution in [3.63, 3.8) is 0 Å². The molecule has 3 heteroatoms. The zero-order valence-corrected chi connectivity index (χ0v) is 39.0. The van der Waals surface area contributed by atoms with Gasteiger partial charge >= 0.3 is 0 Å². The van der Waals surface area contributed by atoms with Crippen LogP contribution < -0.4 is 20.7 Å². The highest BCUT2D eigenvalue weighted by Crippen LogP contribution is 2.44. The van der Waals surface area contributed by atoms with E-state index in [1.807, 2.05) is 0 Å². The van der Waals surface area contributed by atoms with Crippen LogP contribution in [0.4, 0.5) is 0 Å². The zero-order valence-electron chi connectivity index (χ0n) is 38.0. The first kappa shape index (κ1) is 40.5. The van der Waals surface area contributed by atoms with E-state index in [9.17, 15) is 0 Å². The van der Waals surface area contributed by atoms with Gasteiger partial charge in [-0.3, -0.25) is 0 Å². The monoisotopic (exact) mass is 894 g/mol. The Kier molecular flexibility index (Phi) is 9.88. The molecular formula is C66H46N2Si. The summed E-state index contributed by atoms with van der Waals surface area (Å²) in [7, 11) is -3.06. The SMILES string of the molecule is c1ccc(-c2cccc(-c3ccccc3)c2-n2c3ccc(-n4c5ccccc5c5c(-c6ccccc6)cccc54)cc3c3c([Si](c4ccccc4)(c4ccccc4)c4ccccc4)cccc32)cc1. The molecule has 13 aromatic rings. The van der Waals surface area contributed by atoms with Crippen molar-refractivity contribution in [2.45, 2.75) is 0 Å². The lowest BCUT2D eigenvalue weighted by Crippen LogP contribution is -2.74. The average Bonchev–Trinajstić information content (AvgIpc) is 3.95. The summed E-state index contributed by atoms with van der Waals surface area (Å²) >= 11 is 0. The highest BCUT2D eigenvalue weighted by Gasteiger charge is 2.43. The summed E-state index contributed by atoms with van der Waals surface area (Å²) < 4.78 is 5.08. The van der Waals surface area contributed by atoms with E-state index in [4.69, 9.17) is 0 Å². The van der Waals surface area contributed by atoms with Gasteiger partial charge in [0.25, 0.3) is 0 Å². The third kappa shape index (κ3) is 6.47. The summed E-state index contributed by atoms with van der Waals surface area (Å²) in [6.07, 6.45) is 0. The number of rotatable bonds is 9. The minimum Gasteiger partial charge on any atom is -0.309 e. The third-order valence-electron chi connectivity index (χ3n) is 14.3. The summed E-state index contributed by atoms with van der Waals surface area (Å²) in [6.45, 7) is 0. The van der Waals surface area contributed by atoms with Crippen molar-refractivity contribution < 1.29 is 0 Å². The van der Waals surface area contributed by atoms with Crippen LogP contribution in [0.2, 0.25) is 0 Å². The fourth-order valence-corrected chi connectivity index (χ4v) is 16.4. The van der Waals surface area contributed by atoms with Crippen LogP contribution in [0.5, 0.6) is 0 Å². The third-order valence-corrected chi connectivity index (χ3v) is 19.1. The summed E-state index contributed by atoms with van der Waals surface area (Å²) in [4.78, 5) is 0. The van der Waals surface area contributed by atoms with Crippen LogP contribution in [0.25, 0.3) is 88.4 Å². The molecule has 324 valence electrons. The highest BCUT2D eigenvalue weighted by molar-refractivity contribution is 7.20. The molecule has 69 heavy (non-hydrogen) atoms. The highest BCUT2D eigenvalue weighted by atomic mass is 28.3. The molecule has 0 aliphatic carbocycles. The van der Waals surface area contributed by atoms with E-state index in [2.05, 4.69) is 288 Å². The Bertz CT molecular complexity index is 3820. The number of fused-ring (bicyclic) bond motifs is 6. The van der Waals surface area contributed by atoms with Crippen LogP contribution in [-0.2, 0) is 0 Å². The van der Waals surface area contributed by atoms with Crippen molar-refractivity contribution in [2.24, 2.45) is 0 Å². The van der Waals surface area contributed by atoms with E-state index < -0.39 is 8.07 Å². The zero-order chi connectivity index (χ0) is 45.7. The fourth-order valence-electron chi connectivity index (χ4n) is 11.4. The van der Waals surface area contributed by atoms with Gasteiger partial charge in [-0.25, -0.2) is 0 Å². The van der Waals surface area contributed by atoms with E-state index in [1.165, 1.54) is 92.2 Å². The number of benzene rings is 11. The summed E-state index contributed by atoms with van der Waals surface area (Å²) in [5, 5.41) is 10.4. The lowest BCUT2D eigenvalue weighted by atomic mass is 9.95. The van der Waals surface area contributed by atoms with Gasteiger partial charge in [-0.1, -0.05) is 243 Å². The fraction of sp³-hybridized carbons (Fsp3) is 0. The van der Waals surface area contributed by atoms with Crippen molar-refractivity contribution >= 4 is 72.4 Å². The van der Waals surface area contributed by atoms with Crippen molar-refractivity contribution in [1.82, 2.24) is 9.13 Å². The minimum absolute atomic E-state index is 1.12. The van der Waals surface area contributed by atoms with Crippen LogP contribution in [0.1, 0.15) is 0 Å². The maximum Gasteiger partial charge on any atom is 0.180 e. The van der Waals surface area contributed by atoms with Crippen molar-refractivity contribution in [2.75, 3.05) is 0 Å². The number of para-hydroxylation sites is 2. The van der Waals surface area contributed by atoms with Gasteiger partial charge in [0.1, 0.15) is 0 Å². The Hall–Kier alpha value is -8.76. The quantitative estimate of drug-likeness (QED) is 0.101. The number of hydrogen-bond acceptors (Lipinski definition) is 0. The minimum atomic E-state index is -3.06. The Labute approximate surface area is 403 Å². The normalized spacial score (nSPS) is 11.8. The van der Waals surface area contributed by atoms with Gasteiger partial charge in [0.15, 0.2) is 8.07 Å². The molecule has 2 aromatic heterocycles. The first-order chi connectivity index (χ1) is 34.3. The molecule has 0 bridgehead atoms. The van der Waals surface area contributed by atoms with E-state index in [0.29, 0.717) is 0 Å². The molecule has 0 spiro atoms. The van der Waals surface area contributed by atoms with Crippen LogP contribution in [0, 0.1) is 0 Å². The summed E-state index contributed by atoms with van der Waals surface area (Å²) in [6, 6.07) is 103. The second kappa shape index (κ2) is 16.8. The maximum absolute atomic E-state index is 3.06. The van der Waals surface area contributed by atoms with Gasteiger partial charge in [-0.2, -0.15) is 0 Å². The first-order valence-corrected chi connectivity index (χ1v) is 25.9. The summed E-state index contributed by atoms with van der Waals surface area (Å²) in [5.41, 5.74) is 14.1. The average molecular weight is 895 g/mol. The topological polar surface area (TPSA) is 9.86 Å². The molecule has 0 fully saturated rings. The predicted octanol–water partition coefficient (Wildman–Crippen LogP) is 14.3. The molecule has 0 saturated carbocycles. The summed E-state index contributed by atoms with van der Waals surface area (Å²) in [5.74, 6) is 0. The lowest BCUT2D eigenvalue weighted by Gasteiger charge is -2.35. The molecular weight excluding hydrogens is 849 g/mol. The molecule has 2 nitrogen and oxygen atoms in total. The molecule has 0 unspecified atom stereocenters. The van der Waals surface area contributed by atoms with Crippen molar-refractivity contribution in [3.8, 4) is 44.8 Å². The molecule has 0 N–H and O–H groups in total. The number of hydrogen-bond donors (Lipinski definition) is 0. The van der Waals surface area contributed by atoms with Gasteiger partial charge < -0.3 is 9.13 Å². The van der Waals surface area contributed by atoms with E-state index in [-0.39, 0.29) is 0 Å². The van der Waals surface area contributed by atoms with E-state index >= 15 is 0 Å². The van der Waals surface area contributed by atoms with Gasteiger partial charge in [0.05, 0.1) is 27.8 Å². The van der Waals surface area contributed by atoms with Gasteiger partial charge in [0, 0.05) is 38.4 Å². The lowest BCUT2D eigenvalue weighted by molar-refractivity contribution is 1.17. The molecule has 0 aliphatic rings. The number of aromatic nitrogens is 2. The Morgan fingerprint density at radius 2 is 0.667 bits per heavy atom. The van der Waals surface area contributed by atoms with Gasteiger partial charge in [-0.15, -0.1) is 0 Å². The Balaban J connectivity index is 1.22. The van der Waals surface area contributed by atoms with Crippen molar-refractivity contribution in [3.05, 3.63) is 279 Å². The van der Waals surface area contributed by atoms with Crippen molar-refractivity contribution in [1.29, 1.82) is 0 Å². The maximum atomic E-state index is 2.59. The Morgan fingerprint density at radius 3 is 1.22 bits per heavy atom. The number of nitrogens with zero attached hydrogens (tertiary/aromatic N) is 2. The van der Waals surface area contributed by atoms with Gasteiger partial charge in [0.2, 0.25) is 0 Å². The van der Waals surface area contributed by atoms with E-state index in [1.54, 1.807) is 0 Å². The van der Waals surface area contributed by atoms with Gasteiger partial charge in [-0.05, 0) is 79.4 Å². The largest absolute Gasteiger partial charge is 0.309 e. The second-order valence-corrected chi connectivity index (χ2v) is 21.7. The van der Waals surface area contributed by atoms with Crippen LogP contribution >= 0.6 is 0 Å². The molecule has 0 radical (unpaired) electrons. The molecule has 0 atom stereocenters.